The third-order valence-corrected chi connectivity index (χ3v) is 9.47. The Bertz CT molecular complexity index is 2550. The molecule has 0 saturated carbocycles. The third-order valence-electron chi connectivity index (χ3n) is 8.32. The summed E-state index contributed by atoms with van der Waals surface area (Å²) in [4.78, 5) is 0. The summed E-state index contributed by atoms with van der Waals surface area (Å²) < 4.78 is 4.41. The maximum Gasteiger partial charge on any atom is 0.101 e. The molecule has 0 saturated heterocycles. The summed E-state index contributed by atoms with van der Waals surface area (Å²) in [6.45, 7) is 0. The molecule has 8 rings (SSSR count). The van der Waals surface area contributed by atoms with Gasteiger partial charge in [0.25, 0.3) is 0 Å². The van der Waals surface area contributed by atoms with E-state index in [4.69, 9.17) is 0 Å². The monoisotopic (exact) mass is 576 g/mol. The van der Waals surface area contributed by atoms with Crippen LogP contribution in [0.1, 0.15) is 16.7 Å². The van der Waals surface area contributed by atoms with Gasteiger partial charge in [-0.1, -0.05) is 66.7 Å². The van der Waals surface area contributed by atoms with Gasteiger partial charge in [-0.15, -0.1) is 11.3 Å². The maximum absolute atomic E-state index is 10.4. The maximum atomic E-state index is 10.4. The topological polar surface area (TPSA) is 76.3 Å². The number of benzene rings is 6. The molecule has 0 bridgehead atoms. The van der Waals surface area contributed by atoms with Gasteiger partial charge in [0.2, 0.25) is 0 Å². The Labute approximate surface area is 257 Å². The molecule has 4 nitrogen and oxygen atoms in total. The minimum Gasteiger partial charge on any atom is -0.307 e. The average Bonchev–Trinajstić information content (AvgIpc) is 3.62. The van der Waals surface area contributed by atoms with Crippen molar-refractivity contribution >= 4 is 53.3 Å². The number of rotatable bonds is 3. The number of nitriles is 3. The van der Waals surface area contributed by atoms with Gasteiger partial charge in [-0.25, -0.2) is 0 Å². The summed E-state index contributed by atoms with van der Waals surface area (Å²) in [5.74, 6) is 0. The number of thiophene rings is 1. The first-order chi connectivity index (χ1) is 21.7. The molecular weight excluding hydrogens is 557 g/mol. The number of para-hydroxylation sites is 3. The fourth-order valence-corrected chi connectivity index (χ4v) is 7.51. The second kappa shape index (κ2) is 9.97. The van der Waals surface area contributed by atoms with Crippen LogP contribution in [0.15, 0.2) is 121 Å². The first-order valence-corrected chi connectivity index (χ1v) is 14.9. The molecule has 0 aliphatic rings. The SMILES string of the molecule is N#Cc1ccc2sc3ccc(-c4c(C#N)cccc4-c4cccc(C#N)c4-n4c5ccccc5c5ccccc54)cc3c2c1. The summed E-state index contributed by atoms with van der Waals surface area (Å²) in [6, 6.07) is 47.3. The minimum atomic E-state index is 0.547. The van der Waals surface area contributed by atoms with Crippen LogP contribution in [0.3, 0.4) is 0 Å². The molecule has 0 spiro atoms. The molecule has 2 heterocycles. The summed E-state index contributed by atoms with van der Waals surface area (Å²) in [5.41, 5.74) is 7.96. The zero-order chi connectivity index (χ0) is 29.8. The number of fused-ring (bicyclic) bond motifs is 6. The molecule has 0 atom stereocenters. The van der Waals surface area contributed by atoms with Gasteiger partial charge >= 0.3 is 0 Å². The van der Waals surface area contributed by atoms with Gasteiger partial charge in [0.1, 0.15) is 6.07 Å². The summed E-state index contributed by atoms with van der Waals surface area (Å²) in [5, 5.41) is 34.6. The number of nitrogens with zero attached hydrogens (tertiary/aromatic N) is 4. The van der Waals surface area contributed by atoms with Crippen molar-refractivity contribution in [1.29, 1.82) is 15.8 Å². The first kappa shape index (κ1) is 25.5. The van der Waals surface area contributed by atoms with Gasteiger partial charge in [0, 0.05) is 42.1 Å². The molecule has 0 amide bonds. The van der Waals surface area contributed by atoms with E-state index in [1.165, 1.54) is 0 Å². The molecule has 6 aromatic carbocycles. The lowest BCUT2D eigenvalue weighted by atomic mass is 9.88. The van der Waals surface area contributed by atoms with E-state index in [-0.39, 0.29) is 0 Å². The van der Waals surface area contributed by atoms with Gasteiger partial charge in [0.15, 0.2) is 0 Å². The van der Waals surface area contributed by atoms with Crippen LogP contribution in [0, 0.1) is 34.0 Å². The van der Waals surface area contributed by atoms with Crippen molar-refractivity contribution in [3.63, 3.8) is 0 Å². The Kier molecular flexibility index (Phi) is 5.78. The Balaban J connectivity index is 1.46. The highest BCUT2D eigenvalue weighted by Crippen LogP contribution is 2.44. The fraction of sp³-hybridized carbons (Fsp3) is 0. The van der Waals surface area contributed by atoms with E-state index in [9.17, 15) is 15.8 Å². The van der Waals surface area contributed by atoms with Gasteiger partial charge in [0.05, 0.1) is 45.5 Å². The number of hydrogen-bond acceptors (Lipinski definition) is 4. The van der Waals surface area contributed by atoms with Gasteiger partial charge in [-0.05, 0) is 65.7 Å². The lowest BCUT2D eigenvalue weighted by Crippen LogP contribution is -2.02. The molecule has 0 aliphatic heterocycles. The van der Waals surface area contributed by atoms with E-state index in [1.807, 2.05) is 78.9 Å². The van der Waals surface area contributed by atoms with Crippen LogP contribution in [0.25, 0.3) is 69.9 Å². The van der Waals surface area contributed by atoms with Crippen LogP contribution in [0.5, 0.6) is 0 Å². The molecule has 8 aromatic rings. The Hall–Kier alpha value is -6.19. The van der Waals surface area contributed by atoms with Crippen LogP contribution in [-0.2, 0) is 0 Å². The molecular formula is C39H20N4S. The Morgan fingerprint density at radius 3 is 1.80 bits per heavy atom. The zero-order valence-electron chi connectivity index (χ0n) is 23.2. The van der Waals surface area contributed by atoms with Crippen molar-refractivity contribution in [2.45, 2.75) is 0 Å². The number of hydrogen-bond donors (Lipinski definition) is 0. The van der Waals surface area contributed by atoms with E-state index >= 15 is 0 Å². The highest BCUT2D eigenvalue weighted by Gasteiger charge is 2.22. The van der Waals surface area contributed by atoms with Gasteiger partial charge in [-0.2, -0.15) is 15.8 Å². The lowest BCUT2D eigenvalue weighted by Gasteiger charge is -2.19. The van der Waals surface area contributed by atoms with Crippen molar-refractivity contribution in [2.75, 3.05) is 0 Å². The summed E-state index contributed by atoms with van der Waals surface area (Å²) >= 11 is 1.69. The van der Waals surface area contributed by atoms with Crippen molar-refractivity contribution in [2.24, 2.45) is 0 Å². The predicted molar refractivity (Wildman–Crippen MR) is 179 cm³/mol. The molecule has 2 aromatic heterocycles. The minimum absolute atomic E-state index is 0.547. The van der Waals surface area contributed by atoms with Crippen LogP contribution < -0.4 is 0 Å². The van der Waals surface area contributed by atoms with Crippen molar-refractivity contribution < 1.29 is 0 Å². The van der Waals surface area contributed by atoms with E-state index in [2.05, 4.69) is 65.2 Å². The molecule has 0 N–H and O–H groups in total. The van der Waals surface area contributed by atoms with Crippen LogP contribution >= 0.6 is 11.3 Å². The molecule has 0 fully saturated rings. The van der Waals surface area contributed by atoms with Gasteiger partial charge in [-0.3, -0.25) is 0 Å². The molecule has 0 radical (unpaired) electrons. The quantitative estimate of drug-likeness (QED) is 0.210. The van der Waals surface area contributed by atoms with Crippen molar-refractivity contribution in [1.82, 2.24) is 4.57 Å². The standard InChI is InChI=1S/C39H20N4S/c40-21-24-15-17-36-32(19-24)33-20-25(16-18-37(33)44-36)38-26(22-41)7-5-11-30(38)31-12-6-8-27(23-42)39(31)43-34-13-3-1-9-28(34)29-10-2-4-14-35(29)43/h1-20H. The Morgan fingerprint density at radius 1 is 0.500 bits per heavy atom. The Morgan fingerprint density at radius 2 is 1.11 bits per heavy atom. The van der Waals surface area contributed by atoms with Gasteiger partial charge < -0.3 is 4.57 Å². The number of aromatic nitrogens is 1. The van der Waals surface area contributed by atoms with Crippen molar-refractivity contribution in [3.8, 4) is 46.1 Å². The van der Waals surface area contributed by atoms with E-state index in [1.54, 1.807) is 11.3 Å². The van der Waals surface area contributed by atoms with E-state index in [0.717, 1.165) is 69.9 Å². The van der Waals surface area contributed by atoms with Crippen LogP contribution in [-0.4, -0.2) is 4.57 Å². The average molecular weight is 577 g/mol. The van der Waals surface area contributed by atoms with Crippen molar-refractivity contribution in [3.05, 3.63) is 138 Å². The third kappa shape index (κ3) is 3.73. The largest absolute Gasteiger partial charge is 0.307 e. The van der Waals surface area contributed by atoms with Crippen LogP contribution in [0.4, 0.5) is 0 Å². The molecule has 202 valence electrons. The molecule has 5 heteroatoms. The second-order valence-electron chi connectivity index (χ2n) is 10.7. The highest BCUT2D eigenvalue weighted by atomic mass is 32.1. The summed E-state index contributed by atoms with van der Waals surface area (Å²) in [7, 11) is 0. The molecule has 44 heavy (non-hydrogen) atoms. The van der Waals surface area contributed by atoms with Crippen LogP contribution in [0.2, 0.25) is 0 Å². The summed E-state index contributed by atoms with van der Waals surface area (Å²) in [6.07, 6.45) is 0. The fourth-order valence-electron chi connectivity index (χ4n) is 6.44. The highest BCUT2D eigenvalue weighted by molar-refractivity contribution is 7.25. The normalized spacial score (nSPS) is 11.1. The lowest BCUT2D eigenvalue weighted by molar-refractivity contribution is 1.17. The smallest absolute Gasteiger partial charge is 0.101 e. The predicted octanol–water partition coefficient (Wildman–Crippen LogP) is 10.1. The second-order valence-corrected chi connectivity index (χ2v) is 11.7. The zero-order valence-corrected chi connectivity index (χ0v) is 24.1. The molecule has 0 unspecified atom stereocenters. The molecule has 0 aliphatic carbocycles. The van der Waals surface area contributed by atoms with E-state index < -0.39 is 0 Å². The first-order valence-electron chi connectivity index (χ1n) is 14.1. The van der Waals surface area contributed by atoms with E-state index in [0.29, 0.717) is 16.7 Å².